The van der Waals surface area contributed by atoms with Crippen molar-refractivity contribution in [2.75, 3.05) is 10.6 Å². The van der Waals surface area contributed by atoms with Crippen molar-refractivity contribution in [1.29, 1.82) is 0 Å². The molecular weight excluding hydrogens is 382 g/mol. The predicted molar refractivity (Wildman–Crippen MR) is 104 cm³/mol. The number of benzene rings is 1. The zero-order valence-corrected chi connectivity index (χ0v) is 15.9. The van der Waals surface area contributed by atoms with Crippen molar-refractivity contribution in [2.45, 2.75) is 25.9 Å². The number of carbonyl (C=O) groups excluding carboxylic acids is 4. The number of hydrogen-bond donors (Lipinski definition) is 3. The molecule has 1 atom stereocenters. The number of nitrogens with two attached hydrogens (primary N) is 1. The Kier molecular flexibility index (Phi) is 5.74. The molecule has 1 fully saturated rings. The highest BCUT2D eigenvalue weighted by Crippen LogP contribution is 2.30. The van der Waals surface area contributed by atoms with Crippen LogP contribution in [-0.4, -0.2) is 29.8 Å². The van der Waals surface area contributed by atoms with E-state index in [4.69, 9.17) is 10.5 Å². The first-order valence-corrected chi connectivity index (χ1v) is 9.53. The average molecular weight is 401 g/mol. The van der Waals surface area contributed by atoms with Crippen LogP contribution >= 0.6 is 11.3 Å². The van der Waals surface area contributed by atoms with Gasteiger partial charge < -0.3 is 21.1 Å². The molecule has 8 nitrogen and oxygen atoms in total. The summed E-state index contributed by atoms with van der Waals surface area (Å²) in [7, 11) is 0. The number of hydrogen-bond acceptors (Lipinski definition) is 6. The highest BCUT2D eigenvalue weighted by molar-refractivity contribution is 7.14. The van der Waals surface area contributed by atoms with E-state index in [2.05, 4.69) is 10.6 Å². The molecule has 1 unspecified atom stereocenters. The molecule has 0 spiro atoms. The minimum absolute atomic E-state index is 0.0236. The maximum atomic E-state index is 12.2. The topological polar surface area (TPSA) is 128 Å². The van der Waals surface area contributed by atoms with Crippen LogP contribution in [0.4, 0.5) is 10.7 Å². The summed E-state index contributed by atoms with van der Waals surface area (Å²) in [5.74, 6) is -1.85. The number of rotatable bonds is 7. The Bertz CT molecular complexity index is 918. The highest BCUT2D eigenvalue weighted by atomic mass is 32.1. The van der Waals surface area contributed by atoms with E-state index >= 15 is 0 Å². The fourth-order valence-electron chi connectivity index (χ4n) is 2.38. The molecule has 0 saturated heterocycles. The molecule has 4 N–H and O–H groups in total. The van der Waals surface area contributed by atoms with Gasteiger partial charge in [0, 0.05) is 11.6 Å². The van der Waals surface area contributed by atoms with Gasteiger partial charge >= 0.3 is 5.97 Å². The van der Waals surface area contributed by atoms with Gasteiger partial charge in [-0.05, 0) is 55.5 Å². The summed E-state index contributed by atoms with van der Waals surface area (Å²) in [4.78, 5) is 47.5. The Morgan fingerprint density at radius 2 is 1.79 bits per heavy atom. The van der Waals surface area contributed by atoms with Crippen molar-refractivity contribution in [2.24, 2.45) is 11.7 Å². The van der Waals surface area contributed by atoms with Crippen molar-refractivity contribution in [1.82, 2.24) is 0 Å². The van der Waals surface area contributed by atoms with Gasteiger partial charge in [-0.15, -0.1) is 11.3 Å². The number of anilines is 2. The molecule has 1 aromatic heterocycles. The van der Waals surface area contributed by atoms with Crippen LogP contribution in [0.25, 0.3) is 0 Å². The minimum Gasteiger partial charge on any atom is -0.449 e. The number of primary amides is 1. The van der Waals surface area contributed by atoms with E-state index in [0.29, 0.717) is 10.7 Å². The molecular formula is C19H19N3O5S. The van der Waals surface area contributed by atoms with Gasteiger partial charge in [0.25, 0.3) is 11.8 Å². The van der Waals surface area contributed by atoms with Gasteiger partial charge in [-0.25, -0.2) is 4.79 Å². The van der Waals surface area contributed by atoms with Crippen LogP contribution in [0.3, 0.4) is 0 Å². The van der Waals surface area contributed by atoms with Crippen LogP contribution in [0.15, 0.2) is 35.7 Å². The smallest absolute Gasteiger partial charge is 0.338 e. The van der Waals surface area contributed by atoms with Crippen molar-refractivity contribution in [3.8, 4) is 0 Å². The molecule has 0 bridgehead atoms. The zero-order valence-electron chi connectivity index (χ0n) is 15.1. The van der Waals surface area contributed by atoms with E-state index in [1.54, 1.807) is 17.5 Å². The Morgan fingerprint density at radius 3 is 2.39 bits per heavy atom. The Labute approximate surface area is 165 Å². The molecule has 3 amide bonds. The van der Waals surface area contributed by atoms with Gasteiger partial charge in [0.1, 0.15) is 5.00 Å². The summed E-state index contributed by atoms with van der Waals surface area (Å²) >= 11 is 1.14. The maximum absolute atomic E-state index is 12.2. The van der Waals surface area contributed by atoms with Crippen LogP contribution in [0.5, 0.6) is 0 Å². The number of thiophene rings is 1. The number of esters is 1. The summed E-state index contributed by atoms with van der Waals surface area (Å²) in [6, 6.07) is 7.74. The average Bonchev–Trinajstić information content (AvgIpc) is 3.41. The lowest BCUT2D eigenvalue weighted by Crippen LogP contribution is -2.30. The molecule has 3 rings (SSSR count). The van der Waals surface area contributed by atoms with E-state index in [0.717, 1.165) is 24.2 Å². The van der Waals surface area contributed by atoms with Gasteiger partial charge in [-0.2, -0.15) is 0 Å². The lowest BCUT2D eigenvalue weighted by molar-refractivity contribution is -0.123. The van der Waals surface area contributed by atoms with Gasteiger partial charge in [0.2, 0.25) is 5.91 Å². The first-order valence-electron chi connectivity index (χ1n) is 8.65. The fraction of sp³-hybridized carbons (Fsp3) is 0.263. The predicted octanol–water partition coefficient (Wildman–Crippen LogP) is 2.38. The monoisotopic (exact) mass is 401 g/mol. The minimum atomic E-state index is -1.08. The Balaban J connectivity index is 1.55. The summed E-state index contributed by atoms with van der Waals surface area (Å²) < 4.78 is 5.17. The van der Waals surface area contributed by atoms with Crippen molar-refractivity contribution in [3.63, 3.8) is 0 Å². The molecule has 0 aliphatic heterocycles. The Morgan fingerprint density at radius 1 is 1.11 bits per heavy atom. The third kappa shape index (κ3) is 4.74. The fourth-order valence-corrected chi connectivity index (χ4v) is 3.17. The second kappa shape index (κ2) is 8.22. The maximum Gasteiger partial charge on any atom is 0.338 e. The number of ether oxygens (including phenoxy) is 1. The van der Waals surface area contributed by atoms with Gasteiger partial charge in [0.15, 0.2) is 6.10 Å². The van der Waals surface area contributed by atoms with Crippen molar-refractivity contribution < 1.29 is 23.9 Å². The van der Waals surface area contributed by atoms with E-state index in [-0.39, 0.29) is 23.0 Å². The first kappa shape index (κ1) is 19.6. The van der Waals surface area contributed by atoms with E-state index in [9.17, 15) is 19.2 Å². The summed E-state index contributed by atoms with van der Waals surface area (Å²) in [5, 5.41) is 7.23. The molecule has 1 aliphatic carbocycles. The Hall–Kier alpha value is -3.20. The van der Waals surface area contributed by atoms with Gasteiger partial charge in [0.05, 0.1) is 11.1 Å². The highest BCUT2D eigenvalue weighted by Gasteiger charge is 2.29. The van der Waals surface area contributed by atoms with E-state index in [1.165, 1.54) is 25.1 Å². The van der Waals surface area contributed by atoms with E-state index < -0.39 is 23.9 Å². The number of nitrogens with one attached hydrogen (secondary N) is 2. The molecule has 1 saturated carbocycles. The molecule has 2 aromatic rings. The van der Waals surface area contributed by atoms with Gasteiger partial charge in [-0.1, -0.05) is 0 Å². The first-order chi connectivity index (χ1) is 13.3. The third-order valence-corrected chi connectivity index (χ3v) is 4.99. The second-order valence-electron chi connectivity index (χ2n) is 6.41. The van der Waals surface area contributed by atoms with Crippen LogP contribution in [0, 0.1) is 5.92 Å². The second-order valence-corrected chi connectivity index (χ2v) is 7.32. The lowest BCUT2D eigenvalue weighted by Gasteiger charge is -2.13. The van der Waals surface area contributed by atoms with Crippen LogP contribution in [-0.2, 0) is 14.3 Å². The quantitative estimate of drug-likeness (QED) is 0.614. The van der Waals surface area contributed by atoms with Crippen molar-refractivity contribution >= 4 is 45.7 Å². The molecule has 1 heterocycles. The number of amides is 3. The lowest BCUT2D eigenvalue weighted by atomic mass is 10.2. The molecule has 28 heavy (non-hydrogen) atoms. The largest absolute Gasteiger partial charge is 0.449 e. The molecule has 0 radical (unpaired) electrons. The molecule has 146 valence electrons. The van der Waals surface area contributed by atoms with Gasteiger partial charge in [-0.3, -0.25) is 14.4 Å². The number of carbonyl (C=O) groups is 4. The molecule has 1 aromatic carbocycles. The summed E-state index contributed by atoms with van der Waals surface area (Å²) in [6.45, 7) is 1.43. The van der Waals surface area contributed by atoms with Crippen LogP contribution < -0.4 is 16.4 Å². The van der Waals surface area contributed by atoms with Crippen molar-refractivity contribution in [3.05, 3.63) is 46.8 Å². The standard InChI is InChI=1S/C19H19N3O5S/c1-10(16(24)22-18-14(15(20)23)8-9-28-18)27-19(26)12-4-6-13(7-5-12)21-17(25)11-2-3-11/h4-11H,2-3H2,1H3,(H2,20,23)(H,21,25)(H,22,24). The molecule has 1 aliphatic rings. The summed E-state index contributed by atoms with van der Waals surface area (Å²) in [5.41, 5.74) is 6.27. The van der Waals surface area contributed by atoms with Crippen LogP contribution in [0.1, 0.15) is 40.5 Å². The SMILES string of the molecule is CC(OC(=O)c1ccc(NC(=O)C2CC2)cc1)C(=O)Nc1sccc1C(N)=O. The van der Waals surface area contributed by atoms with E-state index in [1.807, 2.05) is 0 Å². The summed E-state index contributed by atoms with van der Waals surface area (Å²) in [6.07, 6.45) is 0.732. The normalized spacial score (nSPS) is 14.0. The molecule has 9 heteroatoms. The van der Waals surface area contributed by atoms with Crippen LogP contribution in [0.2, 0.25) is 0 Å². The zero-order chi connectivity index (χ0) is 20.3. The third-order valence-electron chi connectivity index (χ3n) is 4.16.